The van der Waals surface area contributed by atoms with E-state index in [1.54, 1.807) is 28.0 Å². The molecule has 0 radical (unpaired) electrons. The molecule has 0 unspecified atom stereocenters. The zero-order valence-corrected chi connectivity index (χ0v) is 24.5. The average molecular weight is 584 g/mol. The third-order valence-corrected chi connectivity index (χ3v) is 9.17. The van der Waals surface area contributed by atoms with Crippen LogP contribution in [0.5, 0.6) is 0 Å². The first-order valence-electron chi connectivity index (χ1n) is 14.4. The van der Waals surface area contributed by atoms with E-state index in [2.05, 4.69) is 27.2 Å². The van der Waals surface area contributed by atoms with Crippen molar-refractivity contribution in [2.45, 2.75) is 26.1 Å². The molecule has 2 aliphatic rings. The quantitative estimate of drug-likeness (QED) is 0.323. The Morgan fingerprint density at radius 1 is 1.02 bits per heavy atom. The van der Waals surface area contributed by atoms with E-state index in [-0.39, 0.29) is 23.7 Å². The second-order valence-electron chi connectivity index (χ2n) is 11.1. The van der Waals surface area contributed by atoms with E-state index in [1.165, 1.54) is 0 Å². The molecule has 3 aromatic heterocycles. The molecule has 2 saturated heterocycles. The molecular weight excluding hydrogens is 550 g/mol. The summed E-state index contributed by atoms with van der Waals surface area (Å²) in [5.74, 6) is 0.619. The van der Waals surface area contributed by atoms with Crippen LogP contribution in [-0.2, 0) is 14.3 Å². The number of morpholine rings is 2. The summed E-state index contributed by atoms with van der Waals surface area (Å²) in [6.45, 7) is 8.47. The van der Waals surface area contributed by atoms with E-state index in [0.29, 0.717) is 44.3 Å². The molecule has 0 spiro atoms. The summed E-state index contributed by atoms with van der Waals surface area (Å²) < 4.78 is 15.1. The lowest BCUT2D eigenvalue weighted by Crippen LogP contribution is -2.48. The van der Waals surface area contributed by atoms with E-state index in [1.807, 2.05) is 50.2 Å². The van der Waals surface area contributed by atoms with Crippen molar-refractivity contribution in [3.05, 3.63) is 71.1 Å². The second kappa shape index (κ2) is 11.1. The standard InChI is InChI=1S/C32H33N5O4S/c1-20-17-35(18-21(2)41-20)19-28(38)33-25-10-9-22(31-30(25)24-6-3-4-8-26(24)42-31)23-7-5-11-37-29(39)16-27(34-32(23)37)36-12-14-40-15-13-36/h3-11,16,20-21H,12-15,17-19H2,1-2H3,(H,33,38)/t20-,21+. The number of ether oxygens (including phenoxy) is 2. The van der Waals surface area contributed by atoms with Crippen molar-refractivity contribution in [3.8, 4) is 11.1 Å². The monoisotopic (exact) mass is 583 g/mol. The molecule has 2 aliphatic heterocycles. The number of fused-ring (bicyclic) bond motifs is 4. The number of amides is 1. The molecule has 216 valence electrons. The minimum absolute atomic E-state index is 0.0471. The summed E-state index contributed by atoms with van der Waals surface area (Å²) in [6, 6.07) is 17.8. The SMILES string of the molecule is C[C@@H]1CN(CC(=O)Nc2ccc(-c3cccn4c(=O)cc(N5CCOCC5)nc34)c3sc4ccccc4c23)C[C@H](C)O1. The zero-order valence-electron chi connectivity index (χ0n) is 23.7. The fourth-order valence-electron chi connectivity index (χ4n) is 6.23. The topological polar surface area (TPSA) is 88.4 Å². The van der Waals surface area contributed by atoms with Gasteiger partial charge in [0.1, 0.15) is 11.5 Å². The molecule has 42 heavy (non-hydrogen) atoms. The van der Waals surface area contributed by atoms with Gasteiger partial charge in [-0.1, -0.05) is 24.3 Å². The number of carbonyl (C=O) groups excluding carboxylic acids is 1. The van der Waals surface area contributed by atoms with Crippen molar-refractivity contribution >= 4 is 54.6 Å². The minimum Gasteiger partial charge on any atom is -0.378 e. The summed E-state index contributed by atoms with van der Waals surface area (Å²) in [5.41, 5.74) is 3.12. The van der Waals surface area contributed by atoms with Gasteiger partial charge < -0.3 is 19.7 Å². The van der Waals surface area contributed by atoms with Crippen LogP contribution >= 0.6 is 11.3 Å². The number of carbonyl (C=O) groups is 1. The molecule has 0 saturated carbocycles. The van der Waals surface area contributed by atoms with Crippen molar-refractivity contribution in [1.82, 2.24) is 14.3 Å². The van der Waals surface area contributed by atoms with Crippen molar-refractivity contribution in [2.75, 3.05) is 56.2 Å². The lowest BCUT2D eigenvalue weighted by atomic mass is 10.0. The highest BCUT2D eigenvalue weighted by Gasteiger charge is 2.25. The van der Waals surface area contributed by atoms with E-state index < -0.39 is 0 Å². The molecule has 0 bridgehead atoms. The van der Waals surface area contributed by atoms with Crippen LogP contribution in [0.25, 0.3) is 36.9 Å². The van der Waals surface area contributed by atoms with E-state index in [4.69, 9.17) is 14.5 Å². The van der Waals surface area contributed by atoms with Gasteiger partial charge in [-0.05, 0) is 38.1 Å². The van der Waals surface area contributed by atoms with Crippen LogP contribution < -0.4 is 15.8 Å². The van der Waals surface area contributed by atoms with Crippen molar-refractivity contribution in [2.24, 2.45) is 0 Å². The summed E-state index contributed by atoms with van der Waals surface area (Å²) in [7, 11) is 0. The van der Waals surface area contributed by atoms with Crippen LogP contribution in [0.1, 0.15) is 13.8 Å². The number of pyridine rings is 1. The second-order valence-corrected chi connectivity index (χ2v) is 12.2. The van der Waals surface area contributed by atoms with Crippen molar-refractivity contribution < 1.29 is 14.3 Å². The van der Waals surface area contributed by atoms with Gasteiger partial charge in [0.25, 0.3) is 5.56 Å². The highest BCUT2D eigenvalue weighted by atomic mass is 32.1. The molecule has 5 heterocycles. The maximum atomic E-state index is 13.3. The predicted molar refractivity (Wildman–Crippen MR) is 168 cm³/mol. The number of benzene rings is 2. The van der Waals surface area contributed by atoms with Crippen LogP contribution in [0, 0.1) is 0 Å². The van der Waals surface area contributed by atoms with Crippen molar-refractivity contribution in [1.29, 1.82) is 0 Å². The van der Waals surface area contributed by atoms with Crippen LogP contribution in [0.3, 0.4) is 0 Å². The Morgan fingerprint density at radius 3 is 2.62 bits per heavy atom. The largest absolute Gasteiger partial charge is 0.378 e. The molecule has 1 N–H and O–H groups in total. The summed E-state index contributed by atoms with van der Waals surface area (Å²) >= 11 is 1.69. The number of aromatic nitrogens is 2. The fraction of sp³-hybridized carbons (Fsp3) is 0.344. The molecule has 2 fully saturated rings. The Kier molecular flexibility index (Phi) is 7.15. The first kappa shape index (κ1) is 27.0. The first-order chi connectivity index (χ1) is 20.4. The molecule has 1 amide bonds. The molecule has 5 aromatic rings. The summed E-state index contributed by atoms with van der Waals surface area (Å²) in [5, 5.41) is 5.30. The lowest BCUT2D eigenvalue weighted by Gasteiger charge is -2.34. The van der Waals surface area contributed by atoms with Gasteiger partial charge >= 0.3 is 0 Å². The van der Waals surface area contributed by atoms with Gasteiger partial charge in [0, 0.05) is 69.7 Å². The Hall–Kier alpha value is -3.83. The lowest BCUT2D eigenvalue weighted by molar-refractivity contribution is -0.121. The van der Waals surface area contributed by atoms with Gasteiger partial charge in [-0.3, -0.25) is 18.9 Å². The molecule has 2 atom stereocenters. The van der Waals surface area contributed by atoms with Crippen LogP contribution in [0.15, 0.2) is 65.6 Å². The molecule has 7 rings (SSSR count). The number of thiophene rings is 1. The third kappa shape index (κ3) is 5.05. The number of anilines is 2. The fourth-order valence-corrected chi connectivity index (χ4v) is 7.48. The average Bonchev–Trinajstić information content (AvgIpc) is 3.37. The number of nitrogens with one attached hydrogen (secondary N) is 1. The highest BCUT2D eigenvalue weighted by Crippen LogP contribution is 2.44. The molecular formula is C32H33N5O4S. The van der Waals surface area contributed by atoms with E-state index in [0.717, 1.165) is 50.1 Å². The van der Waals surface area contributed by atoms with Crippen LogP contribution in [0.2, 0.25) is 0 Å². The Bertz CT molecular complexity index is 1850. The number of hydrogen-bond acceptors (Lipinski definition) is 8. The number of rotatable bonds is 5. The minimum atomic E-state index is -0.119. The predicted octanol–water partition coefficient (Wildman–Crippen LogP) is 4.61. The normalized spacial score (nSPS) is 20.0. The first-order valence-corrected chi connectivity index (χ1v) is 15.2. The van der Waals surface area contributed by atoms with Gasteiger partial charge in [-0.15, -0.1) is 11.3 Å². The Labute approximate surface area is 247 Å². The van der Waals surface area contributed by atoms with Crippen LogP contribution in [0.4, 0.5) is 11.5 Å². The molecule has 10 heteroatoms. The Balaban J connectivity index is 1.32. The smallest absolute Gasteiger partial charge is 0.259 e. The van der Waals surface area contributed by atoms with Gasteiger partial charge in [-0.2, -0.15) is 0 Å². The molecule has 2 aromatic carbocycles. The zero-order chi connectivity index (χ0) is 28.8. The summed E-state index contributed by atoms with van der Waals surface area (Å²) in [4.78, 5) is 35.8. The van der Waals surface area contributed by atoms with Gasteiger partial charge in [-0.25, -0.2) is 4.98 Å². The van der Waals surface area contributed by atoms with Gasteiger partial charge in [0.2, 0.25) is 5.91 Å². The molecule has 9 nitrogen and oxygen atoms in total. The van der Waals surface area contributed by atoms with Crippen molar-refractivity contribution in [3.63, 3.8) is 0 Å². The highest BCUT2D eigenvalue weighted by molar-refractivity contribution is 7.26. The van der Waals surface area contributed by atoms with Crippen LogP contribution in [-0.4, -0.2) is 78.3 Å². The number of nitrogens with zero attached hydrogens (tertiary/aromatic N) is 4. The Morgan fingerprint density at radius 2 is 1.81 bits per heavy atom. The number of hydrogen-bond donors (Lipinski definition) is 1. The molecule has 0 aliphatic carbocycles. The maximum Gasteiger partial charge on any atom is 0.259 e. The van der Waals surface area contributed by atoms with E-state index >= 15 is 0 Å². The third-order valence-electron chi connectivity index (χ3n) is 7.97. The maximum absolute atomic E-state index is 13.3. The summed E-state index contributed by atoms with van der Waals surface area (Å²) in [6.07, 6.45) is 1.96. The van der Waals surface area contributed by atoms with Gasteiger partial charge in [0.05, 0.1) is 37.7 Å². The van der Waals surface area contributed by atoms with Gasteiger partial charge in [0.15, 0.2) is 0 Å². The van der Waals surface area contributed by atoms with E-state index in [9.17, 15) is 9.59 Å².